The standard InChI is InChI=1S/C19H13ClNO3/c20-15-4-2-6-18(12-15)24-19(23)21-16-5-1-3-14(11-16)13-7-9-17(22)10-8-13/h1-2,4-12,22H,(H,21,23). The van der Waals surface area contributed by atoms with E-state index < -0.39 is 6.09 Å². The second-order valence-electron chi connectivity index (χ2n) is 5.01. The van der Waals surface area contributed by atoms with Crippen LogP contribution in [-0.4, -0.2) is 11.2 Å². The Bertz CT molecular complexity index is 862. The van der Waals surface area contributed by atoms with Gasteiger partial charge in [-0.05, 0) is 59.7 Å². The molecule has 0 bridgehead atoms. The molecule has 1 radical (unpaired) electrons. The van der Waals surface area contributed by atoms with Crippen molar-refractivity contribution < 1.29 is 14.6 Å². The average Bonchev–Trinajstić information content (AvgIpc) is 2.55. The number of anilines is 1. The van der Waals surface area contributed by atoms with Gasteiger partial charge in [0.1, 0.15) is 11.5 Å². The van der Waals surface area contributed by atoms with Crippen LogP contribution in [-0.2, 0) is 0 Å². The number of phenols is 1. The van der Waals surface area contributed by atoms with E-state index in [2.05, 4.69) is 11.4 Å². The van der Waals surface area contributed by atoms with Crippen molar-refractivity contribution in [1.82, 2.24) is 0 Å². The Balaban J connectivity index is 1.72. The van der Waals surface area contributed by atoms with Gasteiger partial charge in [-0.15, -0.1) is 0 Å². The number of carbonyl (C=O) groups is 1. The quantitative estimate of drug-likeness (QED) is 0.696. The molecule has 24 heavy (non-hydrogen) atoms. The van der Waals surface area contributed by atoms with Crippen LogP contribution in [0.1, 0.15) is 0 Å². The topological polar surface area (TPSA) is 58.6 Å². The van der Waals surface area contributed by atoms with E-state index in [9.17, 15) is 9.90 Å². The zero-order valence-electron chi connectivity index (χ0n) is 12.5. The predicted octanol–water partition coefficient (Wildman–Crippen LogP) is 5.12. The first-order chi connectivity index (χ1) is 11.6. The summed E-state index contributed by atoms with van der Waals surface area (Å²) < 4.78 is 5.18. The molecule has 119 valence electrons. The van der Waals surface area contributed by atoms with Crippen LogP contribution < -0.4 is 10.1 Å². The summed E-state index contributed by atoms with van der Waals surface area (Å²) in [7, 11) is 0. The minimum atomic E-state index is -0.611. The van der Waals surface area contributed by atoms with Gasteiger partial charge in [-0.25, -0.2) is 4.79 Å². The third-order valence-corrected chi connectivity index (χ3v) is 3.47. The Morgan fingerprint density at radius 3 is 2.62 bits per heavy atom. The molecule has 0 saturated carbocycles. The van der Waals surface area contributed by atoms with Crippen LogP contribution in [0.15, 0.2) is 66.7 Å². The van der Waals surface area contributed by atoms with Gasteiger partial charge in [-0.1, -0.05) is 35.9 Å². The largest absolute Gasteiger partial charge is 0.508 e. The maximum Gasteiger partial charge on any atom is 0.417 e. The van der Waals surface area contributed by atoms with Crippen molar-refractivity contribution in [2.45, 2.75) is 0 Å². The molecule has 0 saturated heterocycles. The lowest BCUT2D eigenvalue weighted by Gasteiger charge is -2.08. The summed E-state index contributed by atoms with van der Waals surface area (Å²) in [5.74, 6) is 0.555. The van der Waals surface area contributed by atoms with Crippen LogP contribution in [0.3, 0.4) is 0 Å². The molecule has 0 atom stereocenters. The normalized spacial score (nSPS) is 10.2. The molecular formula is C19H13ClNO3. The lowest BCUT2D eigenvalue weighted by molar-refractivity contribution is 0.215. The fourth-order valence-electron chi connectivity index (χ4n) is 2.13. The number of halogens is 1. The van der Waals surface area contributed by atoms with Gasteiger partial charge in [0.2, 0.25) is 0 Å². The molecule has 3 rings (SSSR count). The molecular weight excluding hydrogens is 326 g/mol. The summed E-state index contributed by atoms with van der Waals surface area (Å²) in [5, 5.41) is 12.5. The van der Waals surface area contributed by atoms with Gasteiger partial charge < -0.3 is 9.84 Å². The molecule has 0 aliphatic rings. The van der Waals surface area contributed by atoms with Gasteiger partial charge in [-0.2, -0.15) is 0 Å². The Kier molecular flexibility index (Phi) is 4.68. The second kappa shape index (κ2) is 7.06. The number of carbonyl (C=O) groups excluding carboxylic acids is 1. The molecule has 0 spiro atoms. The number of ether oxygens (including phenoxy) is 1. The smallest absolute Gasteiger partial charge is 0.417 e. The lowest BCUT2D eigenvalue weighted by Crippen LogP contribution is -2.16. The molecule has 0 aromatic heterocycles. The first kappa shape index (κ1) is 15.9. The Labute approximate surface area is 144 Å². The van der Waals surface area contributed by atoms with Crippen molar-refractivity contribution in [2.24, 2.45) is 0 Å². The van der Waals surface area contributed by atoms with Crippen molar-refractivity contribution in [3.8, 4) is 22.6 Å². The van der Waals surface area contributed by atoms with E-state index in [1.165, 1.54) is 0 Å². The molecule has 0 heterocycles. The van der Waals surface area contributed by atoms with Crippen molar-refractivity contribution >= 4 is 23.4 Å². The van der Waals surface area contributed by atoms with E-state index in [4.69, 9.17) is 16.3 Å². The summed E-state index contributed by atoms with van der Waals surface area (Å²) in [5.41, 5.74) is 2.24. The summed E-state index contributed by atoms with van der Waals surface area (Å²) in [6.07, 6.45) is -0.611. The number of hydrogen-bond acceptors (Lipinski definition) is 3. The zero-order valence-corrected chi connectivity index (χ0v) is 13.2. The van der Waals surface area contributed by atoms with Gasteiger partial charge in [0.15, 0.2) is 0 Å². The number of phenolic OH excluding ortho intramolecular Hbond substituents is 1. The predicted molar refractivity (Wildman–Crippen MR) is 93.5 cm³/mol. The van der Waals surface area contributed by atoms with Crippen molar-refractivity contribution in [3.05, 3.63) is 77.8 Å². The van der Waals surface area contributed by atoms with E-state index in [1.807, 2.05) is 0 Å². The van der Waals surface area contributed by atoms with E-state index in [1.54, 1.807) is 66.7 Å². The van der Waals surface area contributed by atoms with Crippen LogP contribution in [0.5, 0.6) is 11.5 Å². The molecule has 0 unspecified atom stereocenters. The van der Waals surface area contributed by atoms with Gasteiger partial charge in [-0.3, -0.25) is 5.32 Å². The second-order valence-corrected chi connectivity index (χ2v) is 5.45. The Morgan fingerprint density at radius 2 is 1.88 bits per heavy atom. The summed E-state index contributed by atoms with van der Waals surface area (Å²) >= 11 is 5.85. The van der Waals surface area contributed by atoms with Crippen LogP contribution in [0.2, 0.25) is 5.02 Å². The minimum absolute atomic E-state index is 0.193. The summed E-state index contributed by atoms with van der Waals surface area (Å²) in [6.45, 7) is 0. The van der Waals surface area contributed by atoms with Gasteiger partial charge in [0, 0.05) is 10.7 Å². The SMILES string of the molecule is O=C(Nc1cc[c]c(-c2ccc(O)cc2)c1)Oc1cccc(Cl)c1. The number of hydrogen-bond donors (Lipinski definition) is 2. The summed E-state index contributed by atoms with van der Waals surface area (Å²) in [6, 6.07) is 21.6. The first-order valence-electron chi connectivity index (χ1n) is 7.16. The molecule has 0 aliphatic heterocycles. The van der Waals surface area contributed by atoms with Crippen LogP contribution >= 0.6 is 11.6 Å². The fraction of sp³-hybridized carbons (Fsp3) is 0. The fourth-order valence-corrected chi connectivity index (χ4v) is 2.31. The van der Waals surface area contributed by atoms with Gasteiger partial charge in [0.25, 0.3) is 0 Å². The van der Waals surface area contributed by atoms with E-state index in [0.717, 1.165) is 11.1 Å². The van der Waals surface area contributed by atoms with Gasteiger partial charge in [0.05, 0.1) is 0 Å². The Morgan fingerprint density at radius 1 is 1.08 bits per heavy atom. The number of rotatable bonds is 3. The van der Waals surface area contributed by atoms with E-state index >= 15 is 0 Å². The minimum Gasteiger partial charge on any atom is -0.508 e. The van der Waals surface area contributed by atoms with Crippen molar-refractivity contribution in [3.63, 3.8) is 0 Å². The first-order valence-corrected chi connectivity index (χ1v) is 7.53. The average molecular weight is 339 g/mol. The number of amides is 1. The monoisotopic (exact) mass is 338 g/mol. The van der Waals surface area contributed by atoms with Crippen LogP contribution in [0, 0.1) is 6.07 Å². The highest BCUT2D eigenvalue weighted by Gasteiger charge is 2.07. The molecule has 0 fully saturated rings. The molecule has 3 aromatic rings. The maximum absolute atomic E-state index is 12.0. The van der Waals surface area contributed by atoms with E-state index in [-0.39, 0.29) is 5.75 Å². The molecule has 1 amide bonds. The zero-order chi connectivity index (χ0) is 16.9. The van der Waals surface area contributed by atoms with Crippen LogP contribution in [0.25, 0.3) is 11.1 Å². The summed E-state index contributed by atoms with van der Waals surface area (Å²) in [4.78, 5) is 12.0. The molecule has 2 N–H and O–H groups in total. The van der Waals surface area contributed by atoms with Crippen LogP contribution in [0.4, 0.5) is 10.5 Å². The number of aromatic hydroxyl groups is 1. The van der Waals surface area contributed by atoms with E-state index in [0.29, 0.717) is 16.5 Å². The van der Waals surface area contributed by atoms with Gasteiger partial charge >= 0.3 is 6.09 Å². The molecule has 0 aliphatic carbocycles. The highest BCUT2D eigenvalue weighted by atomic mass is 35.5. The third kappa shape index (κ3) is 4.06. The maximum atomic E-state index is 12.0. The highest BCUT2D eigenvalue weighted by molar-refractivity contribution is 6.30. The molecule has 3 aromatic carbocycles. The number of nitrogens with one attached hydrogen (secondary N) is 1. The lowest BCUT2D eigenvalue weighted by atomic mass is 10.1. The highest BCUT2D eigenvalue weighted by Crippen LogP contribution is 2.24. The third-order valence-electron chi connectivity index (χ3n) is 3.23. The molecule has 4 nitrogen and oxygen atoms in total. The Hall–Kier alpha value is -2.98. The number of benzene rings is 3. The van der Waals surface area contributed by atoms with Crippen molar-refractivity contribution in [2.75, 3.05) is 5.32 Å². The van der Waals surface area contributed by atoms with Crippen molar-refractivity contribution in [1.29, 1.82) is 0 Å². The molecule has 5 heteroatoms.